The molecule has 2 N–H and O–H groups in total. The molecule has 0 bridgehead atoms. The molecular weight excluding hydrogens is 420 g/mol. The monoisotopic (exact) mass is 451 g/mol. The lowest BCUT2D eigenvalue weighted by Crippen LogP contribution is -2.52. The van der Waals surface area contributed by atoms with Crippen molar-refractivity contribution in [3.63, 3.8) is 0 Å². The van der Waals surface area contributed by atoms with Crippen LogP contribution < -0.4 is 10.6 Å². The number of nitrogens with one attached hydrogen (secondary N) is 2. The second-order valence-corrected chi connectivity index (χ2v) is 8.56. The maximum absolute atomic E-state index is 13.2. The molecule has 8 nitrogen and oxygen atoms in total. The molecule has 3 amide bonds. The molecule has 2 aromatic rings. The van der Waals surface area contributed by atoms with Gasteiger partial charge in [-0.25, -0.2) is 0 Å². The maximum Gasteiger partial charge on any atom is 0.255 e. The van der Waals surface area contributed by atoms with E-state index in [9.17, 15) is 14.4 Å². The fourth-order valence-electron chi connectivity index (χ4n) is 4.51. The van der Waals surface area contributed by atoms with Gasteiger partial charge in [0.1, 0.15) is 6.04 Å². The first-order valence-corrected chi connectivity index (χ1v) is 11.2. The highest BCUT2D eigenvalue weighted by molar-refractivity contribution is 6.06. The number of rotatable bonds is 6. The van der Waals surface area contributed by atoms with Crippen LogP contribution in [0.3, 0.4) is 0 Å². The normalized spacial score (nSPS) is 22.4. The Kier molecular flexibility index (Phi) is 5.15. The molecule has 2 saturated heterocycles. The van der Waals surface area contributed by atoms with Gasteiger partial charge in [-0.15, -0.1) is 0 Å². The smallest absolute Gasteiger partial charge is 0.255 e. The van der Waals surface area contributed by atoms with E-state index in [2.05, 4.69) is 27.7 Å². The average Bonchev–Trinajstić information content (AvgIpc) is 3.21. The summed E-state index contributed by atoms with van der Waals surface area (Å²) in [4.78, 5) is 40.8. The molecule has 2 fully saturated rings. The summed E-state index contributed by atoms with van der Waals surface area (Å²) >= 11 is 0. The number of amides is 3. The number of ether oxygens (including phenoxy) is 1. The number of nitrogens with zero attached hydrogens (tertiary/aromatic N) is 2. The van der Waals surface area contributed by atoms with Crippen LogP contribution in [0.1, 0.15) is 44.0 Å². The van der Waals surface area contributed by atoms with Crippen molar-refractivity contribution in [2.24, 2.45) is 0 Å². The van der Waals surface area contributed by atoms with E-state index in [1.165, 1.54) is 10.5 Å². The van der Waals surface area contributed by atoms with Gasteiger partial charge in [0.2, 0.25) is 11.8 Å². The van der Waals surface area contributed by atoms with Crippen LogP contribution in [0.15, 0.2) is 42.4 Å². The number of anilines is 1. The van der Waals surface area contributed by atoms with Crippen LogP contribution in [0.2, 0.25) is 0 Å². The Morgan fingerprint density at radius 3 is 2.61 bits per heavy atom. The van der Waals surface area contributed by atoms with Crippen molar-refractivity contribution in [3.8, 4) is 0 Å². The van der Waals surface area contributed by atoms with Crippen LogP contribution in [0.5, 0.6) is 0 Å². The zero-order chi connectivity index (χ0) is 25.4. The van der Waals surface area contributed by atoms with Gasteiger partial charge in [0.05, 0.1) is 17.3 Å². The van der Waals surface area contributed by atoms with E-state index in [1.54, 1.807) is 0 Å². The molecule has 0 aliphatic carbocycles. The number of carbonyl (C=O) groups is 3. The molecule has 172 valence electrons. The van der Waals surface area contributed by atoms with E-state index >= 15 is 0 Å². The topological polar surface area (TPSA) is 91.0 Å². The summed E-state index contributed by atoms with van der Waals surface area (Å²) in [5, 5.41) is 5.47. The minimum atomic E-state index is -0.822. The molecule has 0 saturated carbocycles. The average molecular weight is 452 g/mol. The van der Waals surface area contributed by atoms with Crippen molar-refractivity contribution in [2.45, 2.75) is 38.5 Å². The van der Waals surface area contributed by atoms with E-state index < -0.39 is 17.9 Å². The van der Waals surface area contributed by atoms with Gasteiger partial charge in [0.25, 0.3) is 5.91 Å². The molecule has 3 aliphatic rings. The third-order valence-corrected chi connectivity index (χ3v) is 6.37. The first-order chi connectivity index (χ1) is 17.3. The molecule has 3 heterocycles. The van der Waals surface area contributed by atoms with Gasteiger partial charge < -0.3 is 15.0 Å². The summed E-state index contributed by atoms with van der Waals surface area (Å²) in [5.41, 5.74) is 2.98. The van der Waals surface area contributed by atoms with E-state index in [-0.39, 0.29) is 49.0 Å². The zero-order valence-corrected chi connectivity index (χ0v) is 18.3. The summed E-state index contributed by atoms with van der Waals surface area (Å²) in [6, 6.07) is 6.52. The largest absolute Gasteiger partial charge is 0.381 e. The maximum atomic E-state index is 13.2. The van der Waals surface area contributed by atoms with Crippen molar-refractivity contribution in [2.75, 3.05) is 31.6 Å². The Bertz CT molecular complexity index is 1220. The van der Waals surface area contributed by atoms with E-state index in [4.69, 9.17) is 8.85 Å². The van der Waals surface area contributed by atoms with Crippen molar-refractivity contribution >= 4 is 23.4 Å². The second kappa shape index (κ2) is 9.33. The standard InChI is InChI=1S/C25H28N4O4/c30-23-9-8-22(24(31)27-23)29-16-20-19(25(29)32)2-1-3-21(20)26-14-17-4-6-18(7-5-17)15-28-10-12-33-13-11-28/h1-7,22,26H,8-16H2,(H,27,30,31)/t22-/m0/s1/i1D,2D,3D. The van der Waals surface area contributed by atoms with Crippen LogP contribution in [0.4, 0.5) is 5.69 Å². The summed E-state index contributed by atoms with van der Waals surface area (Å²) in [6.45, 7) is 4.60. The second-order valence-electron chi connectivity index (χ2n) is 8.56. The first kappa shape index (κ1) is 18.2. The third-order valence-electron chi connectivity index (χ3n) is 6.37. The van der Waals surface area contributed by atoms with Crippen molar-refractivity contribution in [1.82, 2.24) is 15.1 Å². The molecule has 2 aromatic carbocycles. The van der Waals surface area contributed by atoms with Crippen molar-refractivity contribution in [3.05, 3.63) is 64.6 Å². The van der Waals surface area contributed by atoms with Gasteiger partial charge in [0.15, 0.2) is 0 Å². The third kappa shape index (κ3) is 4.62. The highest BCUT2D eigenvalue weighted by Gasteiger charge is 2.39. The van der Waals surface area contributed by atoms with Crippen LogP contribution in [-0.4, -0.2) is 59.9 Å². The van der Waals surface area contributed by atoms with Crippen LogP contribution >= 0.6 is 0 Å². The molecule has 8 heteroatoms. The van der Waals surface area contributed by atoms with Crippen molar-refractivity contribution in [1.29, 1.82) is 0 Å². The molecular formula is C25H28N4O4. The van der Waals surface area contributed by atoms with E-state index in [0.29, 0.717) is 17.8 Å². The van der Waals surface area contributed by atoms with Gasteiger partial charge in [-0.3, -0.25) is 24.6 Å². The molecule has 33 heavy (non-hydrogen) atoms. The summed E-state index contributed by atoms with van der Waals surface area (Å²) in [7, 11) is 0. The fourth-order valence-corrected chi connectivity index (χ4v) is 4.51. The molecule has 0 aromatic heterocycles. The van der Waals surface area contributed by atoms with Crippen LogP contribution in [0, 0.1) is 0 Å². The number of piperidine rings is 1. The summed E-state index contributed by atoms with van der Waals surface area (Å²) in [6.07, 6.45) is 0.336. The Morgan fingerprint density at radius 1 is 1.09 bits per heavy atom. The first-order valence-electron chi connectivity index (χ1n) is 12.7. The lowest BCUT2D eigenvalue weighted by molar-refractivity contribution is -0.136. The fraction of sp³-hybridized carbons (Fsp3) is 0.400. The number of fused-ring (bicyclic) bond motifs is 1. The number of carbonyl (C=O) groups excluding carboxylic acids is 3. The molecule has 1 atom stereocenters. The highest BCUT2D eigenvalue weighted by Crippen LogP contribution is 2.32. The summed E-state index contributed by atoms with van der Waals surface area (Å²) in [5.74, 6) is -1.43. The number of morpholine rings is 1. The molecule has 0 radical (unpaired) electrons. The van der Waals surface area contributed by atoms with Gasteiger partial charge >= 0.3 is 0 Å². The Hall–Kier alpha value is -3.23. The Morgan fingerprint density at radius 2 is 1.85 bits per heavy atom. The zero-order valence-electron chi connectivity index (χ0n) is 21.3. The number of hydrogen-bond acceptors (Lipinski definition) is 6. The minimum Gasteiger partial charge on any atom is -0.381 e. The predicted octanol–water partition coefficient (Wildman–Crippen LogP) is 1.89. The minimum absolute atomic E-state index is 0.0410. The molecule has 0 unspecified atom stereocenters. The molecule has 5 rings (SSSR count). The van der Waals surface area contributed by atoms with Gasteiger partial charge in [-0.2, -0.15) is 0 Å². The van der Waals surface area contributed by atoms with Gasteiger partial charge in [-0.1, -0.05) is 30.3 Å². The van der Waals surface area contributed by atoms with Crippen molar-refractivity contribution < 1.29 is 23.2 Å². The Labute approximate surface area is 197 Å². The van der Waals surface area contributed by atoms with Gasteiger partial charge in [0, 0.05) is 56.0 Å². The highest BCUT2D eigenvalue weighted by atomic mass is 16.5. The number of benzene rings is 2. The quantitative estimate of drug-likeness (QED) is 0.652. The molecule has 0 spiro atoms. The number of imide groups is 1. The van der Waals surface area contributed by atoms with Gasteiger partial charge in [-0.05, 0) is 29.6 Å². The summed E-state index contributed by atoms with van der Waals surface area (Å²) < 4.78 is 30.4. The van der Waals surface area contributed by atoms with E-state index in [0.717, 1.165) is 38.4 Å². The van der Waals surface area contributed by atoms with E-state index in [1.807, 2.05) is 12.1 Å². The van der Waals surface area contributed by atoms with Crippen LogP contribution in [0.25, 0.3) is 0 Å². The lowest BCUT2D eigenvalue weighted by Gasteiger charge is -2.29. The van der Waals surface area contributed by atoms with Crippen LogP contribution in [-0.2, 0) is 34.0 Å². The Balaban J connectivity index is 1.33. The molecule has 3 aliphatic heterocycles. The SMILES string of the molecule is [2H]c1c([2H])c(NCc2ccc(CN3CCOCC3)cc2)c2c(c1[2H])C(=O)N([C@H]1CCC(=O)NC1=O)C2. The number of hydrogen-bond donors (Lipinski definition) is 2. The predicted molar refractivity (Wildman–Crippen MR) is 122 cm³/mol. The lowest BCUT2D eigenvalue weighted by atomic mass is 10.0.